The van der Waals surface area contributed by atoms with E-state index in [-0.39, 0.29) is 29.1 Å². The number of nitrogens with zero attached hydrogens (tertiary/aromatic N) is 2. The highest BCUT2D eigenvalue weighted by Crippen LogP contribution is 2.33. The maximum atomic E-state index is 14.2. The first-order chi connectivity index (χ1) is 20.1. The fourth-order valence-electron chi connectivity index (χ4n) is 4.99. The number of carbonyl (C=O) groups is 2. The number of rotatable bonds is 12. The van der Waals surface area contributed by atoms with Gasteiger partial charge in [-0.3, -0.25) is 13.9 Å². The molecule has 0 saturated heterocycles. The number of anilines is 1. The van der Waals surface area contributed by atoms with E-state index >= 15 is 0 Å². The summed E-state index contributed by atoms with van der Waals surface area (Å²) in [5.74, 6) is -0.490. The summed E-state index contributed by atoms with van der Waals surface area (Å²) >= 11 is 9.50. The van der Waals surface area contributed by atoms with Crippen LogP contribution in [0.4, 0.5) is 5.69 Å². The summed E-state index contributed by atoms with van der Waals surface area (Å²) in [5, 5.41) is 3.46. The molecule has 1 atom stereocenters. The normalized spacial score (nSPS) is 14.3. The van der Waals surface area contributed by atoms with Gasteiger partial charge in [0.2, 0.25) is 11.8 Å². The zero-order valence-corrected chi connectivity index (χ0v) is 26.8. The standard InChI is InChI=1S/C31H35BrClN3O5S/c1-3-41-29-14-7-6-13-28(29)36(42(39,40)27-17-15-25(33)16-18-27)21-30(37)35(20-23-9-8-10-24(32)19-23)22(2)31(38)34-26-11-4-5-12-26/h6-10,13-19,22,26H,3-5,11-12,20-21H2,1-2H3,(H,34,38)/t22-/m0/s1. The molecular formula is C31H35BrClN3O5S. The lowest BCUT2D eigenvalue weighted by Crippen LogP contribution is -2.52. The molecular weight excluding hydrogens is 642 g/mol. The van der Waals surface area contributed by atoms with E-state index in [0.717, 1.165) is 40.0 Å². The molecule has 0 aromatic heterocycles. The molecule has 0 spiro atoms. The maximum Gasteiger partial charge on any atom is 0.264 e. The fraction of sp³-hybridized carbons (Fsp3) is 0.355. The van der Waals surface area contributed by atoms with Gasteiger partial charge in [0, 0.05) is 22.1 Å². The molecule has 42 heavy (non-hydrogen) atoms. The molecule has 0 aliphatic heterocycles. The van der Waals surface area contributed by atoms with Crippen LogP contribution in [-0.2, 0) is 26.2 Å². The topological polar surface area (TPSA) is 96.0 Å². The van der Waals surface area contributed by atoms with Crippen LogP contribution < -0.4 is 14.4 Å². The van der Waals surface area contributed by atoms with Gasteiger partial charge in [0.1, 0.15) is 18.3 Å². The van der Waals surface area contributed by atoms with Gasteiger partial charge in [0.25, 0.3) is 10.0 Å². The van der Waals surface area contributed by atoms with Crippen molar-refractivity contribution in [2.24, 2.45) is 0 Å². The highest BCUT2D eigenvalue weighted by Gasteiger charge is 2.34. The van der Waals surface area contributed by atoms with Crippen molar-refractivity contribution in [3.63, 3.8) is 0 Å². The van der Waals surface area contributed by atoms with Gasteiger partial charge in [-0.25, -0.2) is 8.42 Å². The summed E-state index contributed by atoms with van der Waals surface area (Å²) in [6.07, 6.45) is 3.91. The Morgan fingerprint density at radius 2 is 1.74 bits per heavy atom. The Labute approximate surface area is 261 Å². The Bertz CT molecular complexity index is 1500. The SMILES string of the molecule is CCOc1ccccc1N(CC(=O)N(Cc1cccc(Br)c1)[C@@H](C)C(=O)NC1CCCC1)S(=O)(=O)c1ccc(Cl)cc1. The van der Waals surface area contributed by atoms with Gasteiger partial charge in [0.15, 0.2) is 0 Å². The van der Waals surface area contributed by atoms with Gasteiger partial charge in [-0.2, -0.15) is 0 Å². The van der Waals surface area contributed by atoms with E-state index in [1.165, 1.54) is 29.2 Å². The largest absolute Gasteiger partial charge is 0.492 e. The van der Waals surface area contributed by atoms with Crippen molar-refractivity contribution in [3.8, 4) is 5.75 Å². The van der Waals surface area contributed by atoms with E-state index in [0.29, 0.717) is 17.4 Å². The summed E-state index contributed by atoms with van der Waals surface area (Å²) in [5.41, 5.74) is 1.01. The molecule has 1 saturated carbocycles. The molecule has 0 bridgehead atoms. The minimum atomic E-state index is -4.25. The number of ether oxygens (including phenoxy) is 1. The molecule has 1 aliphatic rings. The van der Waals surface area contributed by atoms with E-state index in [1.54, 1.807) is 38.1 Å². The Balaban J connectivity index is 1.72. The smallest absolute Gasteiger partial charge is 0.264 e. The molecule has 224 valence electrons. The minimum Gasteiger partial charge on any atom is -0.492 e. The quantitative estimate of drug-likeness (QED) is 0.248. The van der Waals surface area contributed by atoms with Gasteiger partial charge in [0.05, 0.1) is 17.2 Å². The lowest BCUT2D eigenvalue weighted by molar-refractivity contribution is -0.139. The maximum absolute atomic E-state index is 14.2. The lowest BCUT2D eigenvalue weighted by atomic mass is 10.1. The van der Waals surface area contributed by atoms with Crippen molar-refractivity contribution >= 4 is 55.1 Å². The summed E-state index contributed by atoms with van der Waals surface area (Å²) in [6, 6.07) is 19.1. The number of sulfonamides is 1. The van der Waals surface area contributed by atoms with Crippen molar-refractivity contribution in [2.75, 3.05) is 17.5 Å². The molecule has 0 radical (unpaired) electrons. The minimum absolute atomic E-state index is 0.0310. The zero-order valence-electron chi connectivity index (χ0n) is 23.6. The monoisotopic (exact) mass is 675 g/mol. The number of carbonyl (C=O) groups excluding carboxylic acids is 2. The molecule has 3 aromatic carbocycles. The highest BCUT2D eigenvalue weighted by molar-refractivity contribution is 9.10. The van der Waals surface area contributed by atoms with Crippen LogP contribution in [0.1, 0.15) is 45.1 Å². The summed E-state index contributed by atoms with van der Waals surface area (Å²) in [4.78, 5) is 28.9. The Morgan fingerprint density at radius 1 is 1.05 bits per heavy atom. The number of halogens is 2. The van der Waals surface area contributed by atoms with E-state index < -0.39 is 28.5 Å². The lowest BCUT2D eigenvalue weighted by Gasteiger charge is -2.33. The molecule has 1 N–H and O–H groups in total. The van der Waals surface area contributed by atoms with Crippen molar-refractivity contribution in [3.05, 3.63) is 87.9 Å². The van der Waals surface area contributed by atoms with Crippen molar-refractivity contribution in [1.82, 2.24) is 10.2 Å². The number of nitrogens with one attached hydrogen (secondary N) is 1. The molecule has 1 aliphatic carbocycles. The average Bonchev–Trinajstić information content (AvgIpc) is 3.48. The van der Waals surface area contributed by atoms with E-state index in [2.05, 4.69) is 21.2 Å². The molecule has 0 heterocycles. The summed E-state index contributed by atoms with van der Waals surface area (Å²) in [6.45, 7) is 3.33. The molecule has 11 heteroatoms. The van der Waals surface area contributed by atoms with Crippen LogP contribution >= 0.6 is 27.5 Å². The second-order valence-electron chi connectivity index (χ2n) is 10.2. The van der Waals surface area contributed by atoms with Crippen molar-refractivity contribution < 1.29 is 22.7 Å². The first kappa shape index (κ1) is 31.8. The number of para-hydroxylation sites is 2. The molecule has 1 fully saturated rings. The fourth-order valence-corrected chi connectivity index (χ4v) is 6.99. The number of hydrogen-bond acceptors (Lipinski definition) is 5. The second-order valence-corrected chi connectivity index (χ2v) is 13.4. The van der Waals surface area contributed by atoms with Crippen LogP contribution in [0.5, 0.6) is 5.75 Å². The Hall–Kier alpha value is -3.08. The Kier molecular flexibility index (Phi) is 10.9. The van der Waals surface area contributed by atoms with Crippen molar-refractivity contribution in [1.29, 1.82) is 0 Å². The first-order valence-electron chi connectivity index (χ1n) is 13.9. The van der Waals surface area contributed by atoms with Gasteiger partial charge in [-0.05, 0) is 80.8 Å². The van der Waals surface area contributed by atoms with Gasteiger partial charge < -0.3 is 15.0 Å². The van der Waals surface area contributed by atoms with Crippen LogP contribution in [0.15, 0.2) is 82.2 Å². The third-order valence-corrected chi connectivity index (χ3v) is 9.74. The van der Waals surface area contributed by atoms with E-state index in [9.17, 15) is 18.0 Å². The van der Waals surface area contributed by atoms with Crippen LogP contribution in [0.25, 0.3) is 0 Å². The van der Waals surface area contributed by atoms with Crippen molar-refractivity contribution in [2.45, 2.75) is 63.1 Å². The third kappa shape index (κ3) is 7.85. The summed E-state index contributed by atoms with van der Waals surface area (Å²) < 4.78 is 35.8. The van der Waals surface area contributed by atoms with E-state index in [1.807, 2.05) is 24.3 Å². The summed E-state index contributed by atoms with van der Waals surface area (Å²) in [7, 11) is -4.25. The number of benzene rings is 3. The first-order valence-corrected chi connectivity index (χ1v) is 16.6. The highest BCUT2D eigenvalue weighted by atomic mass is 79.9. The molecule has 0 unspecified atom stereocenters. The molecule has 3 aromatic rings. The van der Waals surface area contributed by atoms with Gasteiger partial charge in [-0.15, -0.1) is 0 Å². The Morgan fingerprint density at radius 3 is 2.40 bits per heavy atom. The third-order valence-electron chi connectivity index (χ3n) is 7.23. The zero-order chi connectivity index (χ0) is 30.3. The predicted octanol–water partition coefficient (Wildman–Crippen LogP) is 6.17. The van der Waals surface area contributed by atoms with Crippen LogP contribution in [-0.4, -0.2) is 50.4 Å². The molecule has 4 rings (SSSR count). The number of hydrogen-bond donors (Lipinski definition) is 1. The van der Waals surface area contributed by atoms with Crippen LogP contribution in [0.2, 0.25) is 5.02 Å². The molecule has 2 amide bonds. The number of amides is 2. The molecule has 8 nitrogen and oxygen atoms in total. The van der Waals surface area contributed by atoms with E-state index in [4.69, 9.17) is 16.3 Å². The van der Waals surface area contributed by atoms with Gasteiger partial charge in [-0.1, -0.05) is 64.6 Å². The van der Waals surface area contributed by atoms with Gasteiger partial charge >= 0.3 is 0 Å². The predicted molar refractivity (Wildman–Crippen MR) is 168 cm³/mol. The van der Waals surface area contributed by atoms with Crippen LogP contribution in [0, 0.1) is 0 Å². The average molecular weight is 677 g/mol. The second kappa shape index (κ2) is 14.4. The van der Waals surface area contributed by atoms with Crippen LogP contribution in [0.3, 0.4) is 0 Å².